The summed E-state index contributed by atoms with van der Waals surface area (Å²) >= 11 is 0. The molecular weight excluding hydrogens is 276 g/mol. The van der Waals surface area contributed by atoms with Crippen LogP contribution in [0.3, 0.4) is 0 Å². The van der Waals surface area contributed by atoms with E-state index >= 15 is 0 Å². The van der Waals surface area contributed by atoms with Crippen molar-refractivity contribution in [2.75, 3.05) is 0 Å². The van der Waals surface area contributed by atoms with Crippen LogP contribution in [0.2, 0.25) is 0 Å². The maximum absolute atomic E-state index is 12.4. The van der Waals surface area contributed by atoms with Gasteiger partial charge in [-0.25, -0.2) is 0 Å². The van der Waals surface area contributed by atoms with Crippen LogP contribution in [-0.4, -0.2) is 22.3 Å². The molecule has 4 saturated carbocycles. The third-order valence-electron chi connectivity index (χ3n) is 8.38. The molecule has 0 heterocycles. The molecule has 1 N–H and O–H groups in total. The number of ketones is 2. The molecule has 0 aliphatic heterocycles. The zero-order valence-corrected chi connectivity index (χ0v) is 13.9. The van der Waals surface area contributed by atoms with Crippen LogP contribution in [0.25, 0.3) is 0 Å². The number of hydrogen-bond acceptors (Lipinski definition) is 3. The summed E-state index contributed by atoms with van der Waals surface area (Å²) in [7, 11) is 0. The Kier molecular flexibility index (Phi) is 3.00. The van der Waals surface area contributed by atoms with Gasteiger partial charge in [0.05, 0.1) is 11.0 Å². The SMILES string of the molecule is C[C@]12CCC(=O)C[C@H]1CC[C@H]1[C@@H]2CC[C@@]2(C)C(=O)CC[C@@]12O. The monoisotopic (exact) mass is 304 g/mol. The molecule has 0 radical (unpaired) electrons. The first kappa shape index (κ1) is 14.9. The van der Waals surface area contributed by atoms with Crippen LogP contribution in [0.15, 0.2) is 0 Å². The van der Waals surface area contributed by atoms with Gasteiger partial charge in [0.15, 0.2) is 0 Å². The van der Waals surface area contributed by atoms with Crippen LogP contribution >= 0.6 is 0 Å². The van der Waals surface area contributed by atoms with Gasteiger partial charge in [-0.3, -0.25) is 9.59 Å². The molecule has 0 unspecified atom stereocenters. The minimum atomic E-state index is -0.789. The second-order valence-corrected chi connectivity index (χ2v) is 8.95. The summed E-state index contributed by atoms with van der Waals surface area (Å²) in [4.78, 5) is 24.3. The lowest BCUT2D eigenvalue weighted by Crippen LogP contribution is -2.62. The van der Waals surface area contributed by atoms with E-state index in [1.807, 2.05) is 6.92 Å². The van der Waals surface area contributed by atoms with Crippen LogP contribution in [0.4, 0.5) is 0 Å². The van der Waals surface area contributed by atoms with E-state index in [2.05, 4.69) is 6.92 Å². The molecule has 4 rings (SSSR count). The number of aliphatic hydroxyl groups is 1. The third-order valence-corrected chi connectivity index (χ3v) is 8.38. The Bertz CT molecular complexity index is 541. The van der Waals surface area contributed by atoms with Gasteiger partial charge in [-0.05, 0) is 68.6 Å². The lowest BCUT2D eigenvalue weighted by atomic mass is 9.44. The molecule has 0 saturated heterocycles. The van der Waals surface area contributed by atoms with Gasteiger partial charge >= 0.3 is 0 Å². The lowest BCUT2D eigenvalue weighted by molar-refractivity contribution is -0.197. The number of carbonyl (C=O) groups is 2. The van der Waals surface area contributed by atoms with Gasteiger partial charge in [0.1, 0.15) is 11.6 Å². The molecule has 4 aliphatic carbocycles. The summed E-state index contributed by atoms with van der Waals surface area (Å²) < 4.78 is 0. The average molecular weight is 304 g/mol. The van der Waals surface area contributed by atoms with Crippen molar-refractivity contribution in [1.29, 1.82) is 0 Å². The van der Waals surface area contributed by atoms with Crippen molar-refractivity contribution >= 4 is 11.6 Å². The van der Waals surface area contributed by atoms with Crippen molar-refractivity contribution in [2.45, 2.75) is 77.2 Å². The highest BCUT2D eigenvalue weighted by Crippen LogP contribution is 2.66. The minimum Gasteiger partial charge on any atom is -0.389 e. The molecule has 4 fully saturated rings. The van der Waals surface area contributed by atoms with Crippen molar-refractivity contribution in [1.82, 2.24) is 0 Å². The van der Waals surface area contributed by atoms with Crippen molar-refractivity contribution in [3.63, 3.8) is 0 Å². The van der Waals surface area contributed by atoms with Crippen LogP contribution in [0.5, 0.6) is 0 Å². The maximum Gasteiger partial charge on any atom is 0.141 e. The minimum absolute atomic E-state index is 0.194. The molecule has 122 valence electrons. The Morgan fingerprint density at radius 3 is 2.50 bits per heavy atom. The quantitative estimate of drug-likeness (QED) is 0.747. The fraction of sp³-hybridized carbons (Fsp3) is 0.895. The smallest absolute Gasteiger partial charge is 0.141 e. The van der Waals surface area contributed by atoms with Crippen LogP contribution in [-0.2, 0) is 9.59 Å². The van der Waals surface area contributed by atoms with E-state index in [1.165, 1.54) is 0 Å². The first-order chi connectivity index (χ1) is 10.3. The van der Waals surface area contributed by atoms with E-state index in [9.17, 15) is 14.7 Å². The molecule has 3 heteroatoms. The normalized spacial score (nSPS) is 54.6. The summed E-state index contributed by atoms with van der Waals surface area (Å²) in [6.07, 6.45) is 7.58. The van der Waals surface area contributed by atoms with E-state index in [4.69, 9.17) is 0 Å². The molecule has 0 spiro atoms. The molecule has 0 aromatic carbocycles. The van der Waals surface area contributed by atoms with E-state index in [0.29, 0.717) is 36.9 Å². The number of hydrogen-bond donors (Lipinski definition) is 1. The van der Waals surface area contributed by atoms with Gasteiger partial charge < -0.3 is 5.11 Å². The molecule has 4 aliphatic rings. The predicted octanol–water partition coefficient (Wildman–Crippen LogP) is 3.28. The Morgan fingerprint density at radius 2 is 1.73 bits per heavy atom. The van der Waals surface area contributed by atoms with Crippen LogP contribution in [0, 0.1) is 28.6 Å². The Morgan fingerprint density at radius 1 is 0.955 bits per heavy atom. The summed E-state index contributed by atoms with van der Waals surface area (Å²) in [6.45, 7) is 4.38. The number of rotatable bonds is 0. The van der Waals surface area contributed by atoms with Crippen molar-refractivity contribution in [3.8, 4) is 0 Å². The number of Topliss-reactive ketones (excluding diaryl/α,β-unsaturated/α-hetero) is 2. The van der Waals surface area contributed by atoms with Gasteiger partial charge in [-0.15, -0.1) is 0 Å². The van der Waals surface area contributed by atoms with Crippen molar-refractivity contribution < 1.29 is 14.7 Å². The average Bonchev–Trinajstić information content (AvgIpc) is 2.72. The van der Waals surface area contributed by atoms with Gasteiger partial charge in [-0.1, -0.05) is 6.92 Å². The van der Waals surface area contributed by atoms with E-state index < -0.39 is 11.0 Å². The van der Waals surface area contributed by atoms with Crippen molar-refractivity contribution in [3.05, 3.63) is 0 Å². The molecule has 3 nitrogen and oxygen atoms in total. The summed E-state index contributed by atoms with van der Waals surface area (Å²) in [5, 5.41) is 11.5. The Hall–Kier alpha value is -0.700. The van der Waals surface area contributed by atoms with Gasteiger partial charge in [0, 0.05) is 19.3 Å². The van der Waals surface area contributed by atoms with E-state index in [0.717, 1.165) is 38.5 Å². The van der Waals surface area contributed by atoms with Crippen LogP contribution in [0.1, 0.15) is 71.6 Å². The maximum atomic E-state index is 12.4. The molecule has 22 heavy (non-hydrogen) atoms. The highest BCUT2D eigenvalue weighted by Gasteiger charge is 2.67. The lowest BCUT2D eigenvalue weighted by Gasteiger charge is -2.61. The molecular formula is C19H28O3. The second-order valence-electron chi connectivity index (χ2n) is 8.95. The van der Waals surface area contributed by atoms with E-state index in [-0.39, 0.29) is 17.1 Å². The zero-order chi connectivity index (χ0) is 15.8. The largest absolute Gasteiger partial charge is 0.389 e. The van der Waals surface area contributed by atoms with Gasteiger partial charge in [-0.2, -0.15) is 0 Å². The van der Waals surface area contributed by atoms with Gasteiger partial charge in [0.25, 0.3) is 0 Å². The summed E-state index contributed by atoms with van der Waals surface area (Å²) in [5.41, 5.74) is -1.11. The van der Waals surface area contributed by atoms with Crippen LogP contribution < -0.4 is 0 Å². The summed E-state index contributed by atoms with van der Waals surface area (Å²) in [6, 6.07) is 0. The third kappa shape index (κ3) is 1.61. The molecule has 6 atom stereocenters. The zero-order valence-electron chi connectivity index (χ0n) is 13.9. The summed E-state index contributed by atoms with van der Waals surface area (Å²) in [5.74, 6) is 1.95. The van der Waals surface area contributed by atoms with Crippen molar-refractivity contribution in [2.24, 2.45) is 28.6 Å². The number of fused-ring (bicyclic) bond motifs is 5. The Labute approximate surface area is 132 Å². The molecule has 0 aromatic heterocycles. The molecule has 0 bridgehead atoms. The molecule has 0 aromatic rings. The molecule has 0 amide bonds. The highest BCUT2D eigenvalue weighted by atomic mass is 16.3. The first-order valence-corrected chi connectivity index (χ1v) is 9.09. The first-order valence-electron chi connectivity index (χ1n) is 9.09. The standard InChI is InChI=1S/C19H28O3/c1-17-8-5-13(20)11-12(17)3-4-15-14(17)6-9-18(2)16(21)7-10-19(15,18)22/h12,14-15,22H,3-11H2,1-2H3/t12-,14+,15+,17+,18+,19-/m1/s1. The predicted molar refractivity (Wildman–Crippen MR) is 83.2 cm³/mol. The fourth-order valence-corrected chi connectivity index (χ4v) is 6.78. The Balaban J connectivity index is 1.71. The fourth-order valence-electron chi connectivity index (χ4n) is 6.78. The second kappa shape index (κ2) is 4.43. The van der Waals surface area contributed by atoms with Gasteiger partial charge in [0.2, 0.25) is 0 Å². The highest BCUT2D eigenvalue weighted by molar-refractivity contribution is 5.88. The topological polar surface area (TPSA) is 54.4 Å². The number of carbonyl (C=O) groups excluding carboxylic acids is 2. The van der Waals surface area contributed by atoms with E-state index in [1.54, 1.807) is 0 Å².